The Kier molecular flexibility index (Phi) is 13.5. The summed E-state index contributed by atoms with van der Waals surface area (Å²) in [4.78, 5) is 12.7. The molecule has 0 spiro atoms. The second-order valence-electron chi connectivity index (χ2n) is 8.76. The molecule has 1 fully saturated rings. The molecule has 0 unspecified atom stereocenters. The Morgan fingerprint density at radius 3 is 2.22 bits per heavy atom. The molecule has 202 valence electrons. The molecule has 1 saturated heterocycles. The number of ether oxygens (including phenoxy) is 2. The maximum absolute atomic E-state index is 14.3. The van der Waals surface area contributed by atoms with Gasteiger partial charge < -0.3 is 14.5 Å². The van der Waals surface area contributed by atoms with Gasteiger partial charge in [0.05, 0.1) is 37.6 Å². The van der Waals surface area contributed by atoms with Crippen LogP contribution in [-0.2, 0) is 17.8 Å². The van der Waals surface area contributed by atoms with E-state index >= 15 is 0 Å². The topological polar surface area (TPSA) is 53.6 Å². The van der Waals surface area contributed by atoms with E-state index in [9.17, 15) is 4.39 Å². The van der Waals surface area contributed by atoms with Crippen molar-refractivity contribution in [3.63, 3.8) is 0 Å². The Labute approximate surface area is 221 Å². The molecule has 4 rings (SSSR count). The van der Waals surface area contributed by atoms with E-state index in [0.29, 0.717) is 17.9 Å². The van der Waals surface area contributed by atoms with Crippen molar-refractivity contribution >= 4 is 11.0 Å². The van der Waals surface area contributed by atoms with Crippen molar-refractivity contribution < 1.29 is 13.9 Å². The fourth-order valence-corrected chi connectivity index (χ4v) is 3.85. The number of aromatic amines is 1. The van der Waals surface area contributed by atoms with E-state index < -0.39 is 0 Å². The zero-order valence-corrected chi connectivity index (χ0v) is 23.1. The summed E-state index contributed by atoms with van der Waals surface area (Å²) >= 11 is 0. The number of rotatable bonds is 8. The fourth-order valence-electron chi connectivity index (χ4n) is 3.85. The molecule has 7 heteroatoms. The van der Waals surface area contributed by atoms with Crippen LogP contribution in [0.3, 0.4) is 0 Å². The number of H-pyrrole nitrogens is 1. The third kappa shape index (κ3) is 10.0. The van der Waals surface area contributed by atoms with Crippen LogP contribution in [0, 0.1) is 5.82 Å². The smallest absolute Gasteiger partial charge is 0.169 e. The van der Waals surface area contributed by atoms with Crippen molar-refractivity contribution in [3.8, 4) is 5.75 Å². The zero-order chi connectivity index (χ0) is 27.0. The van der Waals surface area contributed by atoms with Gasteiger partial charge in [0.25, 0.3) is 0 Å². The highest BCUT2D eigenvalue weighted by molar-refractivity contribution is 5.74. The van der Waals surface area contributed by atoms with Crippen LogP contribution in [0.5, 0.6) is 5.75 Å². The molecule has 1 aliphatic rings. The molecule has 2 heterocycles. The minimum absolute atomic E-state index is 0.250. The number of nitrogens with zero attached hydrogens (tertiary/aromatic N) is 3. The van der Waals surface area contributed by atoms with Crippen molar-refractivity contribution in [2.45, 2.75) is 46.7 Å². The van der Waals surface area contributed by atoms with Crippen LogP contribution >= 0.6 is 0 Å². The molecule has 0 atom stereocenters. The first-order chi connectivity index (χ1) is 17.9. The Bertz CT molecular complexity index is 1060. The normalized spacial score (nSPS) is 14.0. The van der Waals surface area contributed by atoms with Gasteiger partial charge in [0.1, 0.15) is 5.82 Å². The van der Waals surface area contributed by atoms with Crippen LogP contribution in [0.15, 0.2) is 67.0 Å². The van der Waals surface area contributed by atoms with Gasteiger partial charge in [-0.1, -0.05) is 56.8 Å². The molecule has 1 aromatic heterocycles. The summed E-state index contributed by atoms with van der Waals surface area (Å²) in [5.41, 5.74) is 2.78. The highest BCUT2D eigenvalue weighted by Gasteiger charge is 2.20. The number of piperazine rings is 1. The zero-order valence-electron chi connectivity index (χ0n) is 23.1. The van der Waals surface area contributed by atoms with Gasteiger partial charge in [-0.3, -0.25) is 9.80 Å². The summed E-state index contributed by atoms with van der Waals surface area (Å²) in [6.07, 6.45) is 6.26. The first-order valence-electron chi connectivity index (χ1n) is 13.0. The molecule has 0 aliphatic carbocycles. The first-order valence-corrected chi connectivity index (χ1v) is 13.0. The Morgan fingerprint density at radius 2 is 1.70 bits per heavy atom. The molecule has 0 amide bonds. The average molecular weight is 511 g/mol. The number of methoxy groups -OCH3 is 2. The molecule has 37 heavy (non-hydrogen) atoms. The first kappa shape index (κ1) is 30.1. The lowest BCUT2D eigenvalue weighted by Crippen LogP contribution is -2.45. The van der Waals surface area contributed by atoms with Crippen molar-refractivity contribution in [2.24, 2.45) is 0 Å². The van der Waals surface area contributed by atoms with E-state index in [2.05, 4.69) is 45.4 Å². The van der Waals surface area contributed by atoms with E-state index in [1.807, 2.05) is 50.2 Å². The lowest BCUT2D eigenvalue weighted by molar-refractivity contribution is 0.119. The Balaban J connectivity index is 0.000000370. The van der Waals surface area contributed by atoms with E-state index in [0.717, 1.165) is 68.2 Å². The summed E-state index contributed by atoms with van der Waals surface area (Å²) < 4.78 is 24.1. The standard InChI is InChI=1S/C20H23FN4O.C5H10O.C5H10/c1-26-18-8-4-5-15(20(18)21)13-24-9-11-25(12-10-24)14-19-22-16-6-2-3-7-17(16)23-19;1-4-5(2)6-3;1-3-5-4-2/h2-8H,9-14H2,1H3,(H,22,23);2,4H2,1,3H3;3,5H,4H2,1-2H3/b;;5-3-. The van der Waals surface area contributed by atoms with Crippen LogP contribution in [-0.4, -0.2) is 60.2 Å². The van der Waals surface area contributed by atoms with E-state index in [1.165, 1.54) is 7.11 Å². The summed E-state index contributed by atoms with van der Waals surface area (Å²) in [6.45, 7) is 14.9. The third-order valence-corrected chi connectivity index (χ3v) is 6.09. The van der Waals surface area contributed by atoms with Crippen molar-refractivity contribution in [2.75, 3.05) is 40.4 Å². The number of hydrogen-bond acceptors (Lipinski definition) is 5. The highest BCUT2D eigenvalue weighted by atomic mass is 19.1. The average Bonchev–Trinajstić information content (AvgIpc) is 3.34. The maximum atomic E-state index is 14.3. The van der Waals surface area contributed by atoms with Gasteiger partial charge in [-0.2, -0.15) is 0 Å². The van der Waals surface area contributed by atoms with Crippen LogP contribution < -0.4 is 4.74 Å². The molecule has 0 bridgehead atoms. The summed E-state index contributed by atoms with van der Waals surface area (Å²) in [7, 11) is 3.13. The van der Waals surface area contributed by atoms with Gasteiger partial charge in [-0.25, -0.2) is 9.37 Å². The second-order valence-corrected chi connectivity index (χ2v) is 8.76. The number of aromatic nitrogens is 2. The third-order valence-electron chi connectivity index (χ3n) is 6.09. The second kappa shape index (κ2) is 16.6. The van der Waals surface area contributed by atoms with Gasteiger partial charge in [0, 0.05) is 44.7 Å². The largest absolute Gasteiger partial charge is 0.502 e. The number of nitrogens with one attached hydrogen (secondary N) is 1. The van der Waals surface area contributed by atoms with Crippen LogP contribution in [0.4, 0.5) is 4.39 Å². The summed E-state index contributed by atoms with van der Waals surface area (Å²) in [6, 6.07) is 13.4. The minimum Gasteiger partial charge on any atom is -0.502 e. The lowest BCUT2D eigenvalue weighted by Gasteiger charge is -2.34. The Hall–Kier alpha value is -3.16. The number of para-hydroxylation sites is 2. The fraction of sp³-hybridized carbons (Fsp3) is 0.433. The number of imidazole rings is 1. The minimum atomic E-state index is -0.250. The summed E-state index contributed by atoms with van der Waals surface area (Å²) in [5.74, 6) is 1.90. The van der Waals surface area contributed by atoms with Crippen molar-refractivity contribution in [1.29, 1.82) is 0 Å². The van der Waals surface area contributed by atoms with Gasteiger partial charge in [-0.05, 0) is 31.5 Å². The molecular weight excluding hydrogens is 467 g/mol. The van der Waals surface area contributed by atoms with Crippen molar-refractivity contribution in [3.05, 3.63) is 84.2 Å². The number of halogens is 1. The van der Waals surface area contributed by atoms with Crippen LogP contribution in [0.25, 0.3) is 11.0 Å². The number of fused-ring (bicyclic) bond motifs is 1. The van der Waals surface area contributed by atoms with Gasteiger partial charge in [0.15, 0.2) is 11.6 Å². The van der Waals surface area contributed by atoms with Gasteiger partial charge in [-0.15, -0.1) is 0 Å². The molecule has 1 aliphatic heterocycles. The number of allylic oxidation sites excluding steroid dienone is 3. The number of hydrogen-bond donors (Lipinski definition) is 1. The van der Waals surface area contributed by atoms with E-state index in [1.54, 1.807) is 13.2 Å². The SMILES string of the molecule is C/C=C\CC.C=C(CC)OC.COc1cccc(CN2CCN(Cc3nc4ccccc4[nH]3)CC2)c1F. The van der Waals surface area contributed by atoms with Gasteiger partial charge in [0.2, 0.25) is 0 Å². The molecule has 3 aromatic rings. The maximum Gasteiger partial charge on any atom is 0.169 e. The molecule has 6 nitrogen and oxygen atoms in total. The van der Waals surface area contributed by atoms with Crippen LogP contribution in [0.2, 0.25) is 0 Å². The van der Waals surface area contributed by atoms with E-state index in [-0.39, 0.29) is 5.82 Å². The predicted octanol–water partition coefficient (Wildman–Crippen LogP) is 6.56. The Morgan fingerprint density at radius 1 is 1.03 bits per heavy atom. The lowest BCUT2D eigenvalue weighted by atomic mass is 10.1. The van der Waals surface area contributed by atoms with Crippen LogP contribution in [0.1, 0.15) is 45.0 Å². The quantitative estimate of drug-likeness (QED) is 0.275. The predicted molar refractivity (Wildman–Crippen MR) is 151 cm³/mol. The molecular formula is C30H43FN4O2. The van der Waals surface area contributed by atoms with E-state index in [4.69, 9.17) is 9.47 Å². The number of benzene rings is 2. The molecule has 0 radical (unpaired) electrons. The highest BCUT2D eigenvalue weighted by Crippen LogP contribution is 2.22. The monoisotopic (exact) mass is 510 g/mol. The van der Waals surface area contributed by atoms with Crippen molar-refractivity contribution in [1.82, 2.24) is 19.8 Å². The molecule has 1 N–H and O–H groups in total. The molecule has 2 aromatic carbocycles. The van der Waals surface area contributed by atoms with Gasteiger partial charge >= 0.3 is 0 Å². The molecule has 0 saturated carbocycles. The summed E-state index contributed by atoms with van der Waals surface area (Å²) in [5, 5.41) is 0.